The molecule has 9 nitrogen and oxygen atoms in total. The third-order valence-corrected chi connectivity index (χ3v) is 5.40. The first-order valence-corrected chi connectivity index (χ1v) is 11.3. The van der Waals surface area contributed by atoms with Gasteiger partial charge in [0.1, 0.15) is 0 Å². The molecular weight excluding hydrogens is 460 g/mol. The first-order valence-electron chi connectivity index (χ1n) is 11.3. The van der Waals surface area contributed by atoms with Gasteiger partial charge in [0.15, 0.2) is 0 Å². The summed E-state index contributed by atoms with van der Waals surface area (Å²) in [6.07, 6.45) is 2.53. The Morgan fingerprint density at radius 1 is 0.889 bits per heavy atom. The van der Waals surface area contributed by atoms with Crippen molar-refractivity contribution < 1.29 is 24.0 Å². The van der Waals surface area contributed by atoms with Crippen molar-refractivity contribution in [3.63, 3.8) is 0 Å². The molecule has 186 valence electrons. The summed E-state index contributed by atoms with van der Waals surface area (Å²) in [6, 6.07) is 20.6. The van der Waals surface area contributed by atoms with Crippen LogP contribution in [0.25, 0.3) is 10.8 Å². The maximum absolute atomic E-state index is 13.1. The maximum atomic E-state index is 13.1. The quantitative estimate of drug-likeness (QED) is 0.209. The molecule has 3 aromatic carbocycles. The second-order valence-electron chi connectivity index (χ2n) is 7.89. The number of rotatable bonds is 9. The van der Waals surface area contributed by atoms with Crippen LogP contribution >= 0.6 is 0 Å². The average molecular weight is 489 g/mol. The molecule has 1 atom stereocenters. The van der Waals surface area contributed by atoms with Crippen molar-refractivity contribution in [2.45, 2.75) is 19.5 Å². The Bertz CT molecular complexity index is 1280. The van der Waals surface area contributed by atoms with Crippen molar-refractivity contribution >= 4 is 34.4 Å². The summed E-state index contributed by atoms with van der Waals surface area (Å²) in [7, 11) is 1.30. The zero-order valence-corrected chi connectivity index (χ0v) is 20.0. The van der Waals surface area contributed by atoms with Gasteiger partial charge in [0, 0.05) is 24.7 Å². The number of amides is 4. The third kappa shape index (κ3) is 7.00. The number of hydroxylamine groups is 1. The van der Waals surface area contributed by atoms with E-state index in [9.17, 15) is 19.2 Å². The minimum absolute atomic E-state index is 0.00935. The average Bonchev–Trinajstić information content (AvgIpc) is 2.89. The van der Waals surface area contributed by atoms with Crippen molar-refractivity contribution in [1.82, 2.24) is 21.4 Å². The van der Waals surface area contributed by atoms with Gasteiger partial charge in [-0.1, -0.05) is 66.7 Å². The Labute approximate surface area is 208 Å². The van der Waals surface area contributed by atoms with E-state index in [4.69, 9.17) is 0 Å². The van der Waals surface area contributed by atoms with Crippen LogP contribution in [0.4, 0.5) is 0 Å². The van der Waals surface area contributed by atoms with Crippen LogP contribution in [-0.2, 0) is 25.8 Å². The predicted octanol–water partition coefficient (Wildman–Crippen LogP) is 2.30. The lowest BCUT2D eigenvalue weighted by atomic mass is 9.99. The highest BCUT2D eigenvalue weighted by Crippen LogP contribution is 2.24. The topological polar surface area (TPSA) is 126 Å². The maximum Gasteiger partial charge on any atom is 0.309 e. The van der Waals surface area contributed by atoms with Crippen LogP contribution in [0.2, 0.25) is 0 Å². The lowest BCUT2D eigenvalue weighted by molar-refractivity contribution is -0.139. The fourth-order valence-electron chi connectivity index (χ4n) is 3.66. The van der Waals surface area contributed by atoms with Crippen LogP contribution in [0.15, 0.2) is 78.9 Å². The summed E-state index contributed by atoms with van der Waals surface area (Å²) >= 11 is 0. The molecule has 0 unspecified atom stereocenters. The zero-order valence-electron chi connectivity index (χ0n) is 20.0. The van der Waals surface area contributed by atoms with Crippen molar-refractivity contribution in [2.75, 3.05) is 13.7 Å². The van der Waals surface area contributed by atoms with E-state index in [0.717, 1.165) is 22.4 Å². The second kappa shape index (κ2) is 12.8. The van der Waals surface area contributed by atoms with E-state index in [1.807, 2.05) is 49.4 Å². The fraction of sp³-hybridized carbons (Fsp3) is 0.185. The Morgan fingerprint density at radius 2 is 1.58 bits per heavy atom. The van der Waals surface area contributed by atoms with E-state index >= 15 is 0 Å². The minimum Gasteiger partial charge on any atom is -0.345 e. The molecule has 0 bridgehead atoms. The van der Waals surface area contributed by atoms with Crippen LogP contribution in [0, 0.1) is 0 Å². The molecule has 4 amide bonds. The second-order valence-corrected chi connectivity index (χ2v) is 7.89. The van der Waals surface area contributed by atoms with Gasteiger partial charge in [-0.2, -0.15) is 0 Å². The number of hydrogen-bond acceptors (Lipinski definition) is 5. The molecule has 9 heteroatoms. The molecule has 0 aliphatic carbocycles. The normalized spacial score (nSPS) is 11.6. The van der Waals surface area contributed by atoms with E-state index < -0.39 is 17.7 Å². The highest BCUT2D eigenvalue weighted by molar-refractivity contribution is 6.35. The van der Waals surface area contributed by atoms with Crippen molar-refractivity contribution in [3.05, 3.63) is 95.6 Å². The molecule has 0 spiro atoms. The molecule has 0 saturated carbocycles. The largest absolute Gasteiger partial charge is 0.345 e. The monoisotopic (exact) mass is 488 g/mol. The lowest BCUT2D eigenvalue weighted by Crippen LogP contribution is -2.40. The van der Waals surface area contributed by atoms with Crippen molar-refractivity contribution in [2.24, 2.45) is 0 Å². The highest BCUT2D eigenvalue weighted by Gasteiger charge is 2.18. The predicted molar refractivity (Wildman–Crippen MR) is 135 cm³/mol. The number of fused-ring (bicyclic) bond motifs is 1. The van der Waals surface area contributed by atoms with Crippen LogP contribution < -0.4 is 21.4 Å². The molecule has 0 fully saturated rings. The molecule has 0 aliphatic rings. The molecule has 3 rings (SSSR count). The van der Waals surface area contributed by atoms with Gasteiger partial charge in [-0.3, -0.25) is 24.0 Å². The van der Waals surface area contributed by atoms with E-state index in [1.54, 1.807) is 24.3 Å². The van der Waals surface area contributed by atoms with Gasteiger partial charge >= 0.3 is 11.8 Å². The smallest absolute Gasteiger partial charge is 0.309 e. The molecule has 4 N–H and O–H groups in total. The van der Waals surface area contributed by atoms with Crippen LogP contribution in [-0.4, -0.2) is 37.3 Å². The SMILES string of the molecule is CONC(=O)/C=C/CNC(=O)C(=O)NCc1ccccc1C(=O)N[C@H](C)c1cccc2ccccc12. The van der Waals surface area contributed by atoms with Gasteiger partial charge in [-0.25, -0.2) is 5.48 Å². The van der Waals surface area contributed by atoms with Gasteiger partial charge in [-0.05, 0) is 34.9 Å². The van der Waals surface area contributed by atoms with E-state index in [0.29, 0.717) is 11.1 Å². The molecular formula is C27H28N4O5. The number of benzene rings is 3. The summed E-state index contributed by atoms with van der Waals surface area (Å²) in [5.41, 5.74) is 4.05. The van der Waals surface area contributed by atoms with E-state index in [-0.39, 0.29) is 25.0 Å². The summed E-state index contributed by atoms with van der Waals surface area (Å²) in [4.78, 5) is 52.9. The Kier molecular flexibility index (Phi) is 9.30. The molecule has 3 aromatic rings. The number of carbonyl (C=O) groups excluding carboxylic acids is 4. The number of carbonyl (C=O) groups is 4. The lowest BCUT2D eigenvalue weighted by Gasteiger charge is -2.18. The Hall–Kier alpha value is -4.50. The van der Waals surface area contributed by atoms with Gasteiger partial charge in [-0.15, -0.1) is 0 Å². The Morgan fingerprint density at radius 3 is 2.39 bits per heavy atom. The molecule has 0 saturated heterocycles. The van der Waals surface area contributed by atoms with Crippen LogP contribution in [0.3, 0.4) is 0 Å². The van der Waals surface area contributed by atoms with Gasteiger partial charge < -0.3 is 16.0 Å². The number of nitrogens with one attached hydrogen (secondary N) is 4. The van der Waals surface area contributed by atoms with E-state index in [2.05, 4.69) is 26.3 Å². The fourth-order valence-corrected chi connectivity index (χ4v) is 3.66. The minimum atomic E-state index is -0.863. The van der Waals surface area contributed by atoms with E-state index in [1.165, 1.54) is 13.2 Å². The van der Waals surface area contributed by atoms with Crippen molar-refractivity contribution in [1.29, 1.82) is 0 Å². The first kappa shape index (κ1) is 26.1. The standard InChI is InChI=1S/C27H28N4O5/c1-18(21-14-7-11-19-9-3-5-12-22(19)21)30-25(33)23-13-6-4-10-20(23)17-29-27(35)26(34)28-16-8-15-24(32)31-36-2/h3-15,18H,16-17H2,1-2H3,(H,28,34)(H,29,35)(H,30,33)(H,31,32)/b15-8+/t18-/m1/s1. The van der Waals surface area contributed by atoms with Crippen LogP contribution in [0.1, 0.15) is 34.5 Å². The molecule has 0 heterocycles. The summed E-state index contributed by atoms with van der Waals surface area (Å²) in [5, 5.41) is 10.1. The summed E-state index contributed by atoms with van der Waals surface area (Å²) < 4.78 is 0. The number of hydrogen-bond donors (Lipinski definition) is 4. The summed E-state index contributed by atoms with van der Waals surface area (Å²) in [6.45, 7) is 1.89. The van der Waals surface area contributed by atoms with Crippen molar-refractivity contribution in [3.8, 4) is 0 Å². The third-order valence-electron chi connectivity index (χ3n) is 5.40. The summed E-state index contributed by atoms with van der Waals surface area (Å²) in [5.74, 6) is -2.51. The van der Waals surface area contributed by atoms with Gasteiger partial charge in [0.05, 0.1) is 13.2 Å². The van der Waals surface area contributed by atoms with Gasteiger partial charge in [0.2, 0.25) is 0 Å². The molecule has 36 heavy (non-hydrogen) atoms. The highest BCUT2D eigenvalue weighted by atomic mass is 16.6. The van der Waals surface area contributed by atoms with Crippen LogP contribution in [0.5, 0.6) is 0 Å². The molecule has 0 radical (unpaired) electrons. The Balaban J connectivity index is 1.59. The molecule has 0 aromatic heterocycles. The molecule has 0 aliphatic heterocycles. The van der Waals surface area contributed by atoms with Gasteiger partial charge in [0.25, 0.3) is 11.8 Å². The zero-order chi connectivity index (χ0) is 25.9. The first-order chi connectivity index (χ1) is 17.4.